The second kappa shape index (κ2) is 7.10. The molecule has 0 amide bonds. The van der Waals surface area contributed by atoms with Gasteiger partial charge in [-0.05, 0) is 18.4 Å². The largest absolute Gasteiger partial charge is 0.396 e. The molecule has 74 valence electrons. The van der Waals surface area contributed by atoms with E-state index in [9.17, 15) is 0 Å². The lowest BCUT2D eigenvalue weighted by Gasteiger charge is -1.89. The summed E-state index contributed by atoms with van der Waals surface area (Å²) in [6.07, 6.45) is 9.95. The van der Waals surface area contributed by atoms with Crippen molar-refractivity contribution in [2.75, 3.05) is 6.61 Å². The third-order valence-electron chi connectivity index (χ3n) is 1.86. The van der Waals surface area contributed by atoms with Gasteiger partial charge in [-0.1, -0.05) is 54.6 Å². The molecule has 0 aliphatic carbocycles. The molecule has 1 heteroatoms. The number of rotatable bonds is 5. The molecular formula is C13H16O. The molecule has 0 spiro atoms. The molecule has 1 nitrogen and oxygen atoms in total. The van der Waals surface area contributed by atoms with Gasteiger partial charge in [0.15, 0.2) is 0 Å². The molecule has 0 bridgehead atoms. The quantitative estimate of drug-likeness (QED) is 0.556. The van der Waals surface area contributed by atoms with Crippen molar-refractivity contribution in [3.05, 3.63) is 54.1 Å². The Hall–Kier alpha value is -1.34. The van der Waals surface area contributed by atoms with Gasteiger partial charge in [-0.2, -0.15) is 0 Å². The lowest BCUT2D eigenvalue weighted by Crippen LogP contribution is -1.77. The van der Waals surface area contributed by atoms with E-state index in [1.165, 1.54) is 5.56 Å². The molecule has 0 fully saturated rings. The minimum atomic E-state index is 0.271. The molecule has 0 saturated heterocycles. The van der Waals surface area contributed by atoms with Crippen LogP contribution in [0.25, 0.3) is 6.08 Å². The fraction of sp³-hybridized carbons (Fsp3) is 0.231. The van der Waals surface area contributed by atoms with E-state index in [4.69, 9.17) is 5.11 Å². The molecule has 1 aromatic carbocycles. The van der Waals surface area contributed by atoms with Crippen LogP contribution in [-0.2, 0) is 0 Å². The van der Waals surface area contributed by atoms with Gasteiger partial charge in [-0.15, -0.1) is 0 Å². The minimum absolute atomic E-state index is 0.271. The van der Waals surface area contributed by atoms with Crippen LogP contribution in [0, 0.1) is 0 Å². The minimum Gasteiger partial charge on any atom is -0.396 e. The van der Waals surface area contributed by atoms with Crippen molar-refractivity contribution in [2.45, 2.75) is 12.8 Å². The van der Waals surface area contributed by atoms with Crippen molar-refractivity contribution in [1.82, 2.24) is 0 Å². The van der Waals surface area contributed by atoms with Gasteiger partial charge in [-0.25, -0.2) is 0 Å². The van der Waals surface area contributed by atoms with Crippen LogP contribution in [0.1, 0.15) is 18.4 Å². The number of aliphatic hydroxyl groups is 1. The highest BCUT2D eigenvalue weighted by molar-refractivity contribution is 5.50. The first kappa shape index (κ1) is 10.7. The summed E-state index contributed by atoms with van der Waals surface area (Å²) in [7, 11) is 0. The summed E-state index contributed by atoms with van der Waals surface area (Å²) in [6.45, 7) is 0.271. The van der Waals surface area contributed by atoms with E-state index in [1.54, 1.807) is 0 Å². The van der Waals surface area contributed by atoms with Crippen LogP contribution in [0.15, 0.2) is 48.6 Å². The van der Waals surface area contributed by atoms with Crippen LogP contribution in [0.4, 0.5) is 0 Å². The molecule has 0 heterocycles. The fourth-order valence-corrected chi connectivity index (χ4v) is 1.11. The van der Waals surface area contributed by atoms with E-state index in [2.05, 4.69) is 24.3 Å². The predicted octanol–water partition coefficient (Wildman–Crippen LogP) is 3.03. The van der Waals surface area contributed by atoms with Crippen molar-refractivity contribution >= 4 is 6.08 Å². The average Bonchev–Trinajstić information content (AvgIpc) is 2.25. The van der Waals surface area contributed by atoms with Gasteiger partial charge in [0.1, 0.15) is 0 Å². The topological polar surface area (TPSA) is 20.2 Å². The smallest absolute Gasteiger partial charge is 0.0433 e. The number of aliphatic hydroxyl groups excluding tert-OH is 1. The standard InChI is InChI=1S/C13H16O/c14-12-8-3-1-2-5-9-13-10-6-4-7-11-13/h1-2,4-7,9-11,14H,3,8,12H2/b2-1-,9-5+. The Morgan fingerprint density at radius 1 is 1.07 bits per heavy atom. The van der Waals surface area contributed by atoms with Gasteiger partial charge >= 0.3 is 0 Å². The Bertz CT molecular complexity index is 285. The monoisotopic (exact) mass is 188 g/mol. The maximum Gasteiger partial charge on any atom is 0.0433 e. The Morgan fingerprint density at radius 2 is 1.86 bits per heavy atom. The summed E-state index contributed by atoms with van der Waals surface area (Å²) < 4.78 is 0. The molecule has 0 aliphatic rings. The molecule has 0 saturated carbocycles. The van der Waals surface area contributed by atoms with Crippen molar-refractivity contribution in [1.29, 1.82) is 0 Å². The van der Waals surface area contributed by atoms with Gasteiger partial charge in [0.2, 0.25) is 0 Å². The maximum atomic E-state index is 8.55. The van der Waals surface area contributed by atoms with Crippen molar-refractivity contribution in [3.8, 4) is 0 Å². The van der Waals surface area contributed by atoms with Crippen LogP contribution in [-0.4, -0.2) is 11.7 Å². The van der Waals surface area contributed by atoms with E-state index in [0.717, 1.165) is 12.8 Å². The third-order valence-corrected chi connectivity index (χ3v) is 1.86. The zero-order valence-electron chi connectivity index (χ0n) is 8.26. The van der Waals surface area contributed by atoms with Gasteiger partial charge in [-0.3, -0.25) is 0 Å². The summed E-state index contributed by atoms with van der Waals surface area (Å²) >= 11 is 0. The molecular weight excluding hydrogens is 172 g/mol. The second-order valence-electron chi connectivity index (χ2n) is 3.06. The Labute approximate surface area is 85.4 Å². The van der Waals surface area contributed by atoms with Crippen molar-refractivity contribution in [2.24, 2.45) is 0 Å². The SMILES string of the molecule is OCCC/C=C\C=C\c1ccccc1. The normalized spacial score (nSPS) is 11.5. The first-order valence-electron chi connectivity index (χ1n) is 4.92. The highest BCUT2D eigenvalue weighted by Crippen LogP contribution is 2.01. The summed E-state index contributed by atoms with van der Waals surface area (Å²) in [5, 5.41) is 8.55. The first-order chi connectivity index (χ1) is 6.93. The highest BCUT2D eigenvalue weighted by atomic mass is 16.2. The maximum absolute atomic E-state index is 8.55. The van der Waals surface area contributed by atoms with Crippen LogP contribution < -0.4 is 0 Å². The number of hydrogen-bond donors (Lipinski definition) is 1. The second-order valence-corrected chi connectivity index (χ2v) is 3.06. The Morgan fingerprint density at radius 3 is 2.57 bits per heavy atom. The molecule has 1 N–H and O–H groups in total. The molecule has 0 aromatic heterocycles. The summed E-state index contributed by atoms with van der Waals surface area (Å²) in [5.41, 5.74) is 1.21. The lowest BCUT2D eigenvalue weighted by atomic mass is 10.2. The van der Waals surface area contributed by atoms with Crippen LogP contribution in [0.5, 0.6) is 0 Å². The van der Waals surface area contributed by atoms with Crippen molar-refractivity contribution in [3.63, 3.8) is 0 Å². The molecule has 0 atom stereocenters. The van der Waals surface area contributed by atoms with E-state index in [-0.39, 0.29) is 6.61 Å². The summed E-state index contributed by atoms with van der Waals surface area (Å²) in [4.78, 5) is 0. The molecule has 1 aromatic rings. The van der Waals surface area contributed by atoms with E-state index in [0.29, 0.717) is 0 Å². The molecule has 14 heavy (non-hydrogen) atoms. The fourth-order valence-electron chi connectivity index (χ4n) is 1.11. The Kier molecular flexibility index (Phi) is 5.45. The third kappa shape index (κ3) is 4.63. The number of hydrogen-bond acceptors (Lipinski definition) is 1. The summed E-state index contributed by atoms with van der Waals surface area (Å²) in [6, 6.07) is 10.2. The van der Waals surface area contributed by atoms with Crippen LogP contribution in [0.2, 0.25) is 0 Å². The van der Waals surface area contributed by atoms with E-state index in [1.807, 2.05) is 30.4 Å². The molecule has 0 aliphatic heterocycles. The molecule has 0 radical (unpaired) electrons. The molecule has 0 unspecified atom stereocenters. The molecule has 1 rings (SSSR count). The van der Waals surface area contributed by atoms with E-state index >= 15 is 0 Å². The van der Waals surface area contributed by atoms with Gasteiger partial charge < -0.3 is 5.11 Å². The van der Waals surface area contributed by atoms with Gasteiger partial charge in [0, 0.05) is 6.61 Å². The van der Waals surface area contributed by atoms with Gasteiger partial charge in [0.05, 0.1) is 0 Å². The first-order valence-corrected chi connectivity index (χ1v) is 4.92. The van der Waals surface area contributed by atoms with Crippen molar-refractivity contribution < 1.29 is 5.11 Å². The van der Waals surface area contributed by atoms with Crippen LogP contribution in [0.3, 0.4) is 0 Å². The Balaban J connectivity index is 2.31. The highest BCUT2D eigenvalue weighted by Gasteiger charge is 1.80. The lowest BCUT2D eigenvalue weighted by molar-refractivity contribution is 0.289. The number of unbranched alkanes of at least 4 members (excludes halogenated alkanes) is 1. The number of benzene rings is 1. The van der Waals surface area contributed by atoms with Crippen LogP contribution >= 0.6 is 0 Å². The average molecular weight is 188 g/mol. The van der Waals surface area contributed by atoms with Gasteiger partial charge in [0.25, 0.3) is 0 Å². The number of allylic oxidation sites excluding steroid dienone is 3. The zero-order valence-corrected chi connectivity index (χ0v) is 8.26. The zero-order chi connectivity index (χ0) is 10.1. The van der Waals surface area contributed by atoms with E-state index < -0.39 is 0 Å². The summed E-state index contributed by atoms with van der Waals surface area (Å²) in [5.74, 6) is 0. The predicted molar refractivity (Wildman–Crippen MR) is 60.9 cm³/mol.